The molecule has 0 aliphatic carbocycles. The number of fused-ring (bicyclic) bond motifs is 2. The molecule has 0 saturated carbocycles. The SMILES string of the molecule is O=C(Nc1ccc2c(c1)N(CC(=O)N1CCCC1)CCCO2)c1cc2cc(Cl)ccc2[nH]1. The van der Waals surface area contributed by atoms with Gasteiger partial charge in [0.1, 0.15) is 11.4 Å². The minimum atomic E-state index is -0.244. The van der Waals surface area contributed by atoms with Crippen molar-refractivity contribution in [2.24, 2.45) is 0 Å². The Hall–Kier alpha value is -3.19. The molecule has 0 spiro atoms. The van der Waals surface area contributed by atoms with Crippen LogP contribution in [-0.2, 0) is 4.79 Å². The second-order valence-corrected chi connectivity index (χ2v) is 8.70. The highest BCUT2D eigenvalue weighted by atomic mass is 35.5. The van der Waals surface area contributed by atoms with Crippen LogP contribution in [0.15, 0.2) is 42.5 Å². The third-order valence-corrected chi connectivity index (χ3v) is 6.23. The monoisotopic (exact) mass is 452 g/mol. The van der Waals surface area contributed by atoms with Crippen molar-refractivity contribution >= 4 is 45.7 Å². The zero-order valence-corrected chi connectivity index (χ0v) is 18.5. The van der Waals surface area contributed by atoms with Gasteiger partial charge >= 0.3 is 0 Å². The molecule has 0 atom stereocenters. The molecule has 2 aliphatic heterocycles. The normalized spacial score (nSPS) is 15.9. The van der Waals surface area contributed by atoms with Crippen LogP contribution >= 0.6 is 11.6 Å². The summed E-state index contributed by atoms with van der Waals surface area (Å²) in [5, 5.41) is 4.45. The summed E-state index contributed by atoms with van der Waals surface area (Å²) >= 11 is 6.05. The smallest absolute Gasteiger partial charge is 0.272 e. The zero-order chi connectivity index (χ0) is 22.1. The third kappa shape index (κ3) is 4.25. The van der Waals surface area contributed by atoms with Crippen molar-refractivity contribution in [1.82, 2.24) is 9.88 Å². The number of nitrogens with zero attached hydrogens (tertiary/aromatic N) is 2. The van der Waals surface area contributed by atoms with Crippen LogP contribution < -0.4 is 15.0 Å². The lowest BCUT2D eigenvalue weighted by molar-refractivity contribution is -0.128. The summed E-state index contributed by atoms with van der Waals surface area (Å²) in [4.78, 5) is 32.7. The number of amides is 2. The lowest BCUT2D eigenvalue weighted by atomic mass is 10.2. The van der Waals surface area contributed by atoms with E-state index in [0.29, 0.717) is 29.6 Å². The molecule has 0 unspecified atom stereocenters. The molecule has 0 radical (unpaired) electrons. The number of hydrogen-bond acceptors (Lipinski definition) is 4. The second-order valence-electron chi connectivity index (χ2n) is 8.26. The largest absolute Gasteiger partial charge is 0.491 e. The summed E-state index contributed by atoms with van der Waals surface area (Å²) in [6, 6.07) is 12.8. The van der Waals surface area contributed by atoms with Crippen LogP contribution in [0.3, 0.4) is 0 Å². The Bertz CT molecular complexity index is 1170. The minimum Gasteiger partial charge on any atom is -0.491 e. The van der Waals surface area contributed by atoms with Gasteiger partial charge < -0.3 is 24.8 Å². The summed E-state index contributed by atoms with van der Waals surface area (Å²) in [5.74, 6) is 0.628. The summed E-state index contributed by atoms with van der Waals surface area (Å²) in [5.41, 5.74) is 2.78. The topological polar surface area (TPSA) is 77.7 Å². The van der Waals surface area contributed by atoms with E-state index in [1.807, 2.05) is 35.2 Å². The number of rotatable bonds is 4. The van der Waals surface area contributed by atoms with Crippen molar-refractivity contribution in [2.45, 2.75) is 19.3 Å². The van der Waals surface area contributed by atoms with Crippen molar-refractivity contribution < 1.29 is 14.3 Å². The molecule has 166 valence electrons. The minimum absolute atomic E-state index is 0.140. The highest BCUT2D eigenvalue weighted by Crippen LogP contribution is 2.34. The Labute approximate surface area is 191 Å². The molecule has 5 rings (SSSR count). The van der Waals surface area contributed by atoms with Gasteiger partial charge in [0.2, 0.25) is 5.91 Å². The van der Waals surface area contributed by atoms with E-state index in [1.165, 1.54) is 0 Å². The summed E-state index contributed by atoms with van der Waals surface area (Å²) in [7, 11) is 0. The fraction of sp³-hybridized carbons (Fsp3) is 0.333. The first kappa shape index (κ1) is 20.7. The first-order valence-electron chi connectivity index (χ1n) is 11.0. The molecule has 7 nitrogen and oxygen atoms in total. The van der Waals surface area contributed by atoms with E-state index < -0.39 is 0 Å². The number of halogens is 1. The van der Waals surface area contributed by atoms with Gasteiger partial charge in [-0.05, 0) is 61.7 Å². The van der Waals surface area contributed by atoms with E-state index in [-0.39, 0.29) is 11.8 Å². The molecule has 1 fully saturated rings. The molecule has 0 bridgehead atoms. The number of H-pyrrole nitrogens is 1. The Morgan fingerprint density at radius 2 is 1.88 bits per heavy atom. The molecule has 32 heavy (non-hydrogen) atoms. The molecule has 1 saturated heterocycles. The number of aromatic amines is 1. The average Bonchev–Trinajstić information content (AvgIpc) is 3.42. The highest BCUT2D eigenvalue weighted by Gasteiger charge is 2.24. The standard InChI is InChI=1S/C24H25ClN4O3/c25-17-4-6-19-16(12-17)13-20(27-19)24(31)26-18-5-7-22-21(14-18)29(10-3-11-32-22)15-23(30)28-8-1-2-9-28/h4-7,12-14,27H,1-3,8-11,15H2,(H,26,31). The van der Waals surface area contributed by atoms with Crippen molar-refractivity contribution in [2.75, 3.05) is 43.0 Å². The Morgan fingerprint density at radius 1 is 1.03 bits per heavy atom. The molecule has 3 heterocycles. The van der Waals surface area contributed by atoms with Gasteiger partial charge in [0, 0.05) is 41.2 Å². The third-order valence-electron chi connectivity index (χ3n) is 6.00. The van der Waals surface area contributed by atoms with Crippen molar-refractivity contribution in [3.63, 3.8) is 0 Å². The van der Waals surface area contributed by atoms with Gasteiger partial charge in [-0.15, -0.1) is 0 Å². The van der Waals surface area contributed by atoms with Crippen LogP contribution in [0.2, 0.25) is 5.02 Å². The Kier molecular flexibility index (Phi) is 5.66. The zero-order valence-electron chi connectivity index (χ0n) is 17.7. The number of benzene rings is 2. The molecule has 8 heteroatoms. The van der Waals surface area contributed by atoms with Gasteiger partial charge in [0.25, 0.3) is 5.91 Å². The van der Waals surface area contributed by atoms with E-state index in [4.69, 9.17) is 16.3 Å². The fourth-order valence-electron chi connectivity index (χ4n) is 4.34. The number of likely N-dealkylation sites (tertiary alicyclic amines) is 1. The quantitative estimate of drug-likeness (QED) is 0.619. The van der Waals surface area contributed by atoms with Crippen molar-refractivity contribution in [1.29, 1.82) is 0 Å². The van der Waals surface area contributed by atoms with Crippen molar-refractivity contribution in [3.8, 4) is 5.75 Å². The van der Waals surface area contributed by atoms with E-state index in [0.717, 1.165) is 61.2 Å². The first-order valence-corrected chi connectivity index (χ1v) is 11.3. The maximum absolute atomic E-state index is 12.9. The van der Waals surface area contributed by atoms with Gasteiger partial charge in [-0.2, -0.15) is 0 Å². The fourth-order valence-corrected chi connectivity index (χ4v) is 4.52. The van der Waals surface area contributed by atoms with Gasteiger partial charge in [0.15, 0.2) is 0 Å². The number of carbonyl (C=O) groups is 2. The predicted octanol–water partition coefficient (Wildman–Crippen LogP) is 4.28. The number of ether oxygens (including phenoxy) is 1. The molecule has 2 aromatic carbocycles. The number of carbonyl (C=O) groups excluding carboxylic acids is 2. The van der Waals surface area contributed by atoms with E-state index in [9.17, 15) is 9.59 Å². The maximum Gasteiger partial charge on any atom is 0.272 e. The van der Waals surface area contributed by atoms with Crippen LogP contribution in [0, 0.1) is 0 Å². The average molecular weight is 453 g/mol. The van der Waals surface area contributed by atoms with E-state index >= 15 is 0 Å². The molecule has 2 amide bonds. The number of nitrogens with one attached hydrogen (secondary N) is 2. The van der Waals surface area contributed by atoms with E-state index in [2.05, 4.69) is 15.2 Å². The predicted molar refractivity (Wildman–Crippen MR) is 126 cm³/mol. The van der Waals surface area contributed by atoms with Gasteiger partial charge in [-0.25, -0.2) is 0 Å². The van der Waals surface area contributed by atoms with Crippen LogP contribution in [0.4, 0.5) is 11.4 Å². The summed E-state index contributed by atoms with van der Waals surface area (Å²) in [6.07, 6.45) is 2.98. The van der Waals surface area contributed by atoms with Gasteiger partial charge in [-0.3, -0.25) is 9.59 Å². The summed E-state index contributed by atoms with van der Waals surface area (Å²) < 4.78 is 5.88. The highest BCUT2D eigenvalue weighted by molar-refractivity contribution is 6.31. The lowest BCUT2D eigenvalue weighted by Crippen LogP contribution is -2.39. The van der Waals surface area contributed by atoms with Crippen LogP contribution in [0.1, 0.15) is 29.8 Å². The van der Waals surface area contributed by atoms with Crippen LogP contribution in [-0.4, -0.2) is 54.5 Å². The number of hydrogen-bond donors (Lipinski definition) is 2. The Morgan fingerprint density at radius 3 is 2.72 bits per heavy atom. The van der Waals surface area contributed by atoms with Gasteiger partial charge in [0.05, 0.1) is 18.8 Å². The molecule has 2 aliphatic rings. The maximum atomic E-state index is 12.9. The Balaban J connectivity index is 1.36. The number of anilines is 2. The lowest BCUT2D eigenvalue weighted by Gasteiger charge is -2.26. The molecule has 1 aromatic heterocycles. The van der Waals surface area contributed by atoms with Gasteiger partial charge in [-0.1, -0.05) is 11.6 Å². The van der Waals surface area contributed by atoms with Crippen LogP contribution in [0.5, 0.6) is 5.75 Å². The summed E-state index contributed by atoms with van der Waals surface area (Å²) in [6.45, 7) is 3.32. The second kappa shape index (κ2) is 8.74. The van der Waals surface area contributed by atoms with Crippen molar-refractivity contribution in [3.05, 3.63) is 53.2 Å². The molecular weight excluding hydrogens is 428 g/mol. The van der Waals surface area contributed by atoms with Crippen LogP contribution in [0.25, 0.3) is 10.9 Å². The van der Waals surface area contributed by atoms with E-state index in [1.54, 1.807) is 12.1 Å². The first-order chi connectivity index (χ1) is 15.6. The molecular formula is C24H25ClN4O3. The molecule has 2 N–H and O–H groups in total. The molecule has 3 aromatic rings. The number of aromatic nitrogens is 1.